The Balaban J connectivity index is 1.57. The summed E-state index contributed by atoms with van der Waals surface area (Å²) >= 11 is 0. The van der Waals surface area contributed by atoms with Crippen molar-refractivity contribution < 1.29 is 23.9 Å². The quantitative estimate of drug-likeness (QED) is 0.189. The Bertz CT molecular complexity index is 1530. The minimum Gasteiger partial charge on any atom is -0.497 e. The van der Waals surface area contributed by atoms with Crippen LogP contribution in [-0.4, -0.2) is 59.4 Å². The molecule has 0 radical (unpaired) electrons. The highest BCUT2D eigenvalue weighted by atomic mass is 16.5. The average Bonchev–Trinajstić information content (AvgIpc) is 3.35. The number of ether oxygens (including phenoxy) is 2. The maximum Gasteiger partial charge on any atom is 0.338 e. The van der Waals surface area contributed by atoms with Gasteiger partial charge in [-0.1, -0.05) is 43.7 Å². The van der Waals surface area contributed by atoms with Gasteiger partial charge in [-0.05, 0) is 74.4 Å². The molecule has 4 aromatic rings. The number of unbranched alkanes of at least 4 members (excludes halogenated alkanes) is 1. The van der Waals surface area contributed by atoms with Crippen LogP contribution in [0.5, 0.6) is 5.75 Å². The lowest BCUT2D eigenvalue weighted by molar-refractivity contribution is -0.116. The molecule has 0 unspecified atom stereocenters. The number of carbonyl (C=O) groups is 3. The molecule has 0 saturated carbocycles. The molecule has 0 atom stereocenters. The van der Waals surface area contributed by atoms with Gasteiger partial charge in [-0.15, -0.1) is 0 Å². The van der Waals surface area contributed by atoms with E-state index in [9.17, 15) is 14.4 Å². The summed E-state index contributed by atoms with van der Waals surface area (Å²) in [6.45, 7) is 6.15. The SMILES string of the molecule is CCCCN(CC(=O)Nc1c(-c2ccccc2)c(C)nn1-c1ccc(OC)cc1)C(=O)Nc1ccc(C(=O)OCC)cc1. The predicted molar refractivity (Wildman–Crippen MR) is 167 cm³/mol. The molecule has 4 rings (SSSR count). The number of benzene rings is 3. The molecule has 2 N–H and O–H groups in total. The van der Waals surface area contributed by atoms with Crippen molar-refractivity contribution in [3.63, 3.8) is 0 Å². The van der Waals surface area contributed by atoms with E-state index < -0.39 is 12.0 Å². The maximum absolute atomic E-state index is 13.6. The Morgan fingerprint density at radius 1 is 0.907 bits per heavy atom. The minimum atomic E-state index is -0.430. The maximum atomic E-state index is 13.6. The number of methoxy groups -OCH3 is 1. The summed E-state index contributed by atoms with van der Waals surface area (Å²) in [6.07, 6.45) is 1.57. The zero-order valence-corrected chi connectivity index (χ0v) is 24.9. The highest BCUT2D eigenvalue weighted by Gasteiger charge is 2.23. The monoisotopic (exact) mass is 583 g/mol. The predicted octanol–water partition coefficient (Wildman–Crippen LogP) is 6.31. The number of nitrogens with one attached hydrogen (secondary N) is 2. The van der Waals surface area contributed by atoms with Crippen molar-refractivity contribution >= 4 is 29.4 Å². The van der Waals surface area contributed by atoms with Crippen molar-refractivity contribution in [2.75, 3.05) is 37.4 Å². The van der Waals surface area contributed by atoms with Gasteiger partial charge in [0.2, 0.25) is 5.91 Å². The number of urea groups is 1. The zero-order valence-electron chi connectivity index (χ0n) is 24.9. The molecule has 0 spiro atoms. The summed E-state index contributed by atoms with van der Waals surface area (Å²) in [5.41, 5.74) is 4.06. The van der Waals surface area contributed by atoms with Gasteiger partial charge in [0.05, 0.1) is 30.7 Å². The van der Waals surface area contributed by atoms with Gasteiger partial charge in [0.25, 0.3) is 0 Å². The second-order valence-electron chi connectivity index (χ2n) is 9.84. The lowest BCUT2D eigenvalue weighted by atomic mass is 10.1. The molecule has 0 bridgehead atoms. The Morgan fingerprint density at radius 2 is 1.60 bits per heavy atom. The number of hydrogen-bond donors (Lipinski definition) is 2. The molecule has 3 amide bonds. The van der Waals surface area contributed by atoms with Gasteiger partial charge < -0.3 is 25.0 Å². The molecular weight excluding hydrogens is 546 g/mol. The van der Waals surface area contributed by atoms with Gasteiger partial charge in [0.1, 0.15) is 18.1 Å². The fourth-order valence-corrected chi connectivity index (χ4v) is 4.56. The third kappa shape index (κ3) is 7.79. The summed E-state index contributed by atoms with van der Waals surface area (Å²) in [7, 11) is 1.60. The molecular formula is C33H37N5O5. The van der Waals surface area contributed by atoms with Crippen LogP contribution in [0.2, 0.25) is 0 Å². The molecule has 1 aromatic heterocycles. The first-order valence-electron chi connectivity index (χ1n) is 14.3. The van der Waals surface area contributed by atoms with Crippen LogP contribution >= 0.6 is 0 Å². The number of hydrogen-bond acceptors (Lipinski definition) is 6. The Labute approximate surface area is 251 Å². The molecule has 10 heteroatoms. The zero-order chi connectivity index (χ0) is 30.8. The number of carbonyl (C=O) groups excluding carboxylic acids is 3. The summed E-state index contributed by atoms with van der Waals surface area (Å²) in [5.74, 6) is 0.412. The third-order valence-corrected chi connectivity index (χ3v) is 6.75. The van der Waals surface area contributed by atoms with E-state index in [1.807, 2.05) is 68.4 Å². The first kappa shape index (κ1) is 30.8. The van der Waals surface area contributed by atoms with E-state index in [-0.39, 0.29) is 19.1 Å². The van der Waals surface area contributed by atoms with Crippen molar-refractivity contribution in [3.8, 4) is 22.6 Å². The molecule has 43 heavy (non-hydrogen) atoms. The van der Waals surface area contributed by atoms with Crippen LogP contribution in [0.3, 0.4) is 0 Å². The Hall–Kier alpha value is -5.12. The third-order valence-electron chi connectivity index (χ3n) is 6.75. The van der Waals surface area contributed by atoms with Crippen LogP contribution in [0.1, 0.15) is 42.7 Å². The van der Waals surface area contributed by atoms with Crippen LogP contribution in [-0.2, 0) is 9.53 Å². The van der Waals surface area contributed by atoms with Crippen molar-refractivity contribution in [1.82, 2.24) is 14.7 Å². The van der Waals surface area contributed by atoms with E-state index in [0.717, 1.165) is 35.3 Å². The van der Waals surface area contributed by atoms with E-state index in [4.69, 9.17) is 14.6 Å². The van der Waals surface area contributed by atoms with Crippen molar-refractivity contribution in [2.45, 2.75) is 33.6 Å². The smallest absolute Gasteiger partial charge is 0.338 e. The van der Waals surface area contributed by atoms with Crippen LogP contribution in [0.4, 0.5) is 16.3 Å². The summed E-state index contributed by atoms with van der Waals surface area (Å²) in [6, 6.07) is 23.1. The summed E-state index contributed by atoms with van der Waals surface area (Å²) in [5, 5.41) is 10.6. The molecule has 10 nitrogen and oxygen atoms in total. The topological polar surface area (TPSA) is 115 Å². The van der Waals surface area contributed by atoms with E-state index in [1.165, 1.54) is 4.90 Å². The van der Waals surface area contributed by atoms with Crippen LogP contribution in [0, 0.1) is 6.92 Å². The van der Waals surface area contributed by atoms with Crippen LogP contribution in [0.15, 0.2) is 78.9 Å². The normalized spacial score (nSPS) is 10.6. The standard InChI is InChI=1S/C33H37N5O5/c1-5-7-21-37(33(41)34-26-15-13-25(14-16-26)32(40)43-6-2)22-29(39)35-31-30(24-11-9-8-10-12-24)23(3)36-38(31)27-17-19-28(42-4)20-18-27/h8-20H,5-7,21-22H2,1-4H3,(H,34,41)(H,35,39). The first-order chi connectivity index (χ1) is 20.8. The van der Waals surface area contributed by atoms with Gasteiger partial charge in [-0.2, -0.15) is 5.10 Å². The van der Waals surface area contributed by atoms with Crippen molar-refractivity contribution in [2.24, 2.45) is 0 Å². The number of rotatable bonds is 12. The van der Waals surface area contributed by atoms with E-state index in [1.54, 1.807) is 43.0 Å². The molecule has 0 saturated heterocycles. The number of amides is 3. The van der Waals surface area contributed by atoms with E-state index in [2.05, 4.69) is 10.6 Å². The number of anilines is 2. The Kier molecular flexibility index (Phi) is 10.5. The van der Waals surface area contributed by atoms with Gasteiger partial charge in [-0.25, -0.2) is 14.3 Å². The molecule has 224 valence electrons. The second kappa shape index (κ2) is 14.7. The summed E-state index contributed by atoms with van der Waals surface area (Å²) in [4.78, 5) is 40.3. The highest BCUT2D eigenvalue weighted by molar-refractivity contribution is 5.99. The largest absolute Gasteiger partial charge is 0.497 e. The molecule has 0 aliphatic rings. The number of esters is 1. The van der Waals surface area contributed by atoms with E-state index in [0.29, 0.717) is 29.4 Å². The molecule has 0 aliphatic carbocycles. The number of aryl methyl sites for hydroxylation is 1. The highest BCUT2D eigenvalue weighted by Crippen LogP contribution is 2.33. The van der Waals surface area contributed by atoms with Gasteiger partial charge in [0, 0.05) is 17.8 Å². The lowest BCUT2D eigenvalue weighted by Gasteiger charge is -2.23. The molecule has 1 heterocycles. The molecule has 3 aromatic carbocycles. The average molecular weight is 584 g/mol. The molecule has 0 aliphatic heterocycles. The minimum absolute atomic E-state index is 0.173. The number of aromatic nitrogens is 2. The van der Waals surface area contributed by atoms with Crippen LogP contribution < -0.4 is 15.4 Å². The van der Waals surface area contributed by atoms with Gasteiger partial charge in [0.15, 0.2) is 0 Å². The second-order valence-corrected chi connectivity index (χ2v) is 9.84. The Morgan fingerprint density at radius 3 is 2.23 bits per heavy atom. The number of nitrogens with zero attached hydrogens (tertiary/aromatic N) is 3. The van der Waals surface area contributed by atoms with Crippen LogP contribution in [0.25, 0.3) is 16.8 Å². The molecule has 0 fully saturated rings. The van der Waals surface area contributed by atoms with Crippen molar-refractivity contribution in [1.29, 1.82) is 0 Å². The van der Waals surface area contributed by atoms with Gasteiger partial charge in [-0.3, -0.25) is 4.79 Å². The van der Waals surface area contributed by atoms with E-state index >= 15 is 0 Å². The van der Waals surface area contributed by atoms with Crippen molar-refractivity contribution in [3.05, 3.63) is 90.1 Å². The van der Waals surface area contributed by atoms with Gasteiger partial charge >= 0.3 is 12.0 Å². The lowest BCUT2D eigenvalue weighted by Crippen LogP contribution is -2.41. The first-order valence-corrected chi connectivity index (χ1v) is 14.3. The summed E-state index contributed by atoms with van der Waals surface area (Å²) < 4.78 is 12.0. The fraction of sp³-hybridized carbons (Fsp3) is 0.273. The fourth-order valence-electron chi connectivity index (χ4n) is 4.56.